The van der Waals surface area contributed by atoms with E-state index in [9.17, 15) is 29.4 Å². The molecule has 1 fully saturated rings. The Labute approximate surface area is 740 Å². The van der Waals surface area contributed by atoms with Crippen molar-refractivity contribution in [1.29, 1.82) is 0 Å². The molecule has 0 spiro atoms. The van der Waals surface area contributed by atoms with Crippen molar-refractivity contribution in [2.24, 2.45) is 38.1 Å². The summed E-state index contributed by atoms with van der Waals surface area (Å²) in [6.45, 7) is 45.9. The third-order valence-electron chi connectivity index (χ3n) is 14.5. The summed E-state index contributed by atoms with van der Waals surface area (Å²) in [6.07, 6.45) is 1.64. The van der Waals surface area contributed by atoms with Crippen LogP contribution in [0, 0.1) is 66.8 Å². The quantitative estimate of drug-likeness (QED) is 0.0214. The van der Waals surface area contributed by atoms with Gasteiger partial charge >= 0.3 is 88.1 Å². The number of nitrogens with zero attached hydrogens (tertiary/aromatic N) is 16. The molecular formula is C70H104BBr2FI2KN20NaO9. The average Bonchev–Trinajstić information content (AvgIpc) is 1.61. The summed E-state index contributed by atoms with van der Waals surface area (Å²) in [5.74, 6) is -0.689. The van der Waals surface area contributed by atoms with Crippen molar-refractivity contribution in [2.45, 2.75) is 191 Å². The Morgan fingerprint density at radius 2 is 0.963 bits per heavy atom. The number of pyridine rings is 1. The second-order valence-corrected chi connectivity index (χ2v) is 33.6. The molecule has 5 aromatic heterocycles. The van der Waals surface area contributed by atoms with Crippen LogP contribution < -0.4 is 133 Å². The fourth-order valence-corrected chi connectivity index (χ4v) is 9.97. The first-order valence-electron chi connectivity index (χ1n) is 32.1. The normalized spacial score (nSPS) is 12.6. The smallest absolute Gasteiger partial charge is 1.00 e. The van der Waals surface area contributed by atoms with Gasteiger partial charge in [0.05, 0.1) is 57.7 Å². The van der Waals surface area contributed by atoms with Gasteiger partial charge in [-0.25, -0.2) is 23.1 Å². The zero-order valence-electron chi connectivity index (χ0n) is 63.9. The zero-order chi connectivity index (χ0) is 77.4. The number of nitrogen functional groups attached to an aromatic ring is 3. The number of non-ortho nitro benzene ring substituents is 2. The fourth-order valence-electron chi connectivity index (χ4n) is 8.70. The molecule has 1 aliphatic rings. The predicted octanol–water partition coefficient (Wildman–Crippen LogP) is 7.78. The van der Waals surface area contributed by atoms with Crippen LogP contribution in [0.25, 0.3) is 44.1 Å². The van der Waals surface area contributed by atoms with Crippen LogP contribution in [0.5, 0.6) is 0 Å². The molecule has 0 amide bonds. The van der Waals surface area contributed by atoms with Crippen LogP contribution in [-0.2, 0) is 35.5 Å². The van der Waals surface area contributed by atoms with Crippen molar-refractivity contribution in [3.8, 4) is 0 Å². The molecule has 0 saturated carbocycles. The standard InChI is InChI=1S/C13H18BNO3.C11H13BrIN3.C11H15BrN4.C11H14N4O2.C11H16N4.C6H5FN2O2.C5H13N.2CH4.HI.K.HNO2.Na.H2/c1-9(16)11-7-6-10(8-15-11)14-17-12(2,3)13(4,5)18-14;2*1-11(2,3)6-16-8-5-4-7(13)9(12)10(8)14-15-16;1-11(2,3)7-14-10-5-4-8(15(16)17)6-9(10)12-13-14;1-11(2,3)7-15-10-5-4-8(12)6-9(10)13-14-15;7-5-2-1-4(9(10)11)3-6(5)8;1-5(2,3)4-6;;;;;2-1-3;;/h6-8H,1-5H3;4-5H,6H2,1-3H3;4-5H,6,13H2,1-3H3;4-6H,7H2,1-3H3;4-6H,7,12H2,1-3H3;1-3H,8H2;4,6H2,1-3H3;2*1H4;1H;;(H,2,3);;1H/q;;;;;;;;;;+1;;+1;/p-2. The summed E-state index contributed by atoms with van der Waals surface area (Å²) in [4.78, 5) is 42.9. The van der Waals surface area contributed by atoms with Crippen LogP contribution in [0.4, 0.5) is 32.8 Å². The van der Waals surface area contributed by atoms with Crippen molar-refractivity contribution in [2.75, 3.05) is 23.7 Å². The van der Waals surface area contributed by atoms with Crippen molar-refractivity contribution < 1.29 is 135 Å². The Hall–Kier alpha value is -4.95. The minimum Gasteiger partial charge on any atom is -1.00 e. The molecule has 0 unspecified atom stereocenters. The number of hydrogen-bond donors (Lipinski definition) is 4. The molecule has 5 aromatic carbocycles. The van der Waals surface area contributed by atoms with E-state index >= 15 is 0 Å². The van der Waals surface area contributed by atoms with Gasteiger partial charge in [-0.2, -0.15) is 0 Å². The van der Waals surface area contributed by atoms with Crippen LogP contribution in [0.2, 0.25) is 0 Å². The van der Waals surface area contributed by atoms with Crippen LogP contribution in [0.1, 0.15) is 165 Å². The largest absolute Gasteiger partial charge is 1.00 e. The van der Waals surface area contributed by atoms with Gasteiger partial charge < -0.3 is 66.3 Å². The number of nitro groups is 2. The molecular weight excluding hydrogens is 1770 g/mol. The number of ketones is 1. The van der Waals surface area contributed by atoms with E-state index in [2.05, 4.69) is 217 Å². The minimum atomic E-state index is -0.643. The molecule has 6 heterocycles. The van der Waals surface area contributed by atoms with Crippen molar-refractivity contribution in [3.05, 3.63) is 152 Å². The second-order valence-electron chi connectivity index (χ2n) is 30.9. The van der Waals surface area contributed by atoms with E-state index in [1.54, 1.807) is 23.0 Å². The summed E-state index contributed by atoms with van der Waals surface area (Å²) >= 11 is 9.27. The predicted molar refractivity (Wildman–Crippen MR) is 432 cm³/mol. The number of benzene rings is 5. The molecule has 0 bridgehead atoms. The molecule has 11 rings (SSSR count). The van der Waals surface area contributed by atoms with E-state index in [0.717, 1.165) is 119 Å². The number of nitrogens with two attached hydrogens (primary N) is 4. The second kappa shape index (κ2) is 44.3. The van der Waals surface area contributed by atoms with Gasteiger partial charge in [-0.3, -0.25) is 30.0 Å². The Morgan fingerprint density at radius 1 is 0.598 bits per heavy atom. The maximum Gasteiger partial charge on any atom is 1.00 e. The van der Waals surface area contributed by atoms with Gasteiger partial charge in [0.15, 0.2) is 5.78 Å². The summed E-state index contributed by atoms with van der Waals surface area (Å²) in [5.41, 5.74) is 31.6. The molecule has 8 N–H and O–H groups in total. The Balaban J connectivity index is -0.00000119. The number of nitro benzene ring substituents is 2. The SMILES string of the molecule is C.C.CC(=O)c1ccc(B2OC(C)(C)C(C)(C)O2)cn1.CC(C)(C)CN.CC(C)(C)Cn1nnc2c(Br)c(I)ccc21.CC(C)(C)Cn1nnc2c(Br)c(N)ccc21.CC(C)(C)Cn1nnc2cc(N)ccc21.CC(C)(C)Cn1nnc2cc([N+](=O)[O-])ccc21.Nc1cc([N+](=O)[O-])ccc1F.O=N[O-].[HH].[I-].[K+].[Na+]. The maximum atomic E-state index is 12.4. The van der Waals surface area contributed by atoms with Crippen molar-refractivity contribution >= 4 is 145 Å². The molecule has 1 aliphatic heterocycles. The zero-order valence-corrected chi connectivity index (χ0v) is 76.5. The van der Waals surface area contributed by atoms with E-state index in [4.69, 9.17) is 42.4 Å². The molecule has 29 nitrogen and oxygen atoms in total. The van der Waals surface area contributed by atoms with Gasteiger partial charge in [0.25, 0.3) is 11.4 Å². The van der Waals surface area contributed by atoms with E-state index in [0.29, 0.717) is 22.3 Å². The fraction of sp³-hybridized carbons (Fsp3) is 0.486. The van der Waals surface area contributed by atoms with Crippen molar-refractivity contribution in [1.82, 2.24) is 65.0 Å². The van der Waals surface area contributed by atoms with E-state index in [1.807, 2.05) is 78.1 Å². The molecule has 0 atom stereocenters. The molecule has 1 saturated heterocycles. The number of aromatic nitrogens is 13. The average molecular weight is 1880 g/mol. The summed E-state index contributed by atoms with van der Waals surface area (Å²) in [7, 11) is -0.427. The summed E-state index contributed by atoms with van der Waals surface area (Å²) in [5, 5.41) is 62.7. The molecule has 107 heavy (non-hydrogen) atoms. The first kappa shape index (κ1) is 104. The van der Waals surface area contributed by atoms with Gasteiger partial charge in [-0.1, -0.05) is 146 Å². The number of hydrogen-bond acceptors (Lipinski definition) is 23. The number of fused-ring (bicyclic) bond motifs is 4. The number of carbonyl (C=O) groups is 1. The van der Waals surface area contributed by atoms with Crippen LogP contribution >= 0.6 is 54.5 Å². The molecule has 578 valence electrons. The van der Waals surface area contributed by atoms with Gasteiger partial charge in [0.1, 0.15) is 33.6 Å². The number of carbonyl (C=O) groups excluding carboxylic acids is 1. The number of Topliss-reactive ketones (excluding diaryl/α,β-unsaturated/α-hetero) is 1. The number of anilines is 3. The molecule has 10 aromatic rings. The van der Waals surface area contributed by atoms with E-state index < -0.39 is 22.8 Å². The third-order valence-corrected chi connectivity index (χ3v) is 17.7. The Kier molecular flexibility index (Phi) is 43.1. The Morgan fingerprint density at radius 3 is 1.35 bits per heavy atom. The number of halogens is 5. The first-order chi connectivity index (χ1) is 46.9. The summed E-state index contributed by atoms with van der Waals surface area (Å²) < 4.78 is 34.8. The molecule has 0 radical (unpaired) electrons. The Bertz CT molecular complexity index is 4390. The van der Waals surface area contributed by atoms with Crippen molar-refractivity contribution in [3.63, 3.8) is 0 Å². The summed E-state index contributed by atoms with van der Waals surface area (Å²) in [6, 6.07) is 24.8. The first-order valence-corrected chi connectivity index (χ1v) is 34.7. The topological polar surface area (TPSA) is 414 Å². The third kappa shape index (κ3) is 33.5. The van der Waals surface area contributed by atoms with Gasteiger partial charge in [0.2, 0.25) is 0 Å². The monoisotopic (exact) mass is 1870 g/mol. The van der Waals surface area contributed by atoms with Crippen LogP contribution in [0.3, 0.4) is 0 Å². The van der Waals surface area contributed by atoms with Gasteiger partial charge in [-0.15, -0.1) is 25.7 Å². The molecule has 37 heteroatoms. The van der Waals surface area contributed by atoms with Gasteiger partial charge in [-0.05, 0) is 176 Å². The number of rotatable bonds is 8. The van der Waals surface area contributed by atoms with E-state index in [-0.39, 0.29) is 177 Å². The van der Waals surface area contributed by atoms with Gasteiger partial charge in [0, 0.05) is 85.4 Å². The van der Waals surface area contributed by atoms with Crippen LogP contribution in [0.15, 0.2) is 111 Å². The van der Waals surface area contributed by atoms with E-state index in [1.165, 1.54) is 19.1 Å². The maximum absolute atomic E-state index is 12.4. The van der Waals surface area contributed by atoms with Crippen LogP contribution in [-0.4, -0.2) is 105 Å². The molecule has 0 aliphatic carbocycles. The minimum absolute atomic E-state index is 0.